The van der Waals surface area contributed by atoms with Crippen molar-refractivity contribution in [3.63, 3.8) is 0 Å². The van der Waals surface area contributed by atoms with Gasteiger partial charge in [-0.05, 0) is 15.9 Å². The van der Waals surface area contributed by atoms with E-state index < -0.39 is 0 Å². The number of rotatable bonds is 0. The quantitative estimate of drug-likeness (QED) is 0.619. The first kappa shape index (κ1) is 6.28. The molecule has 0 radical (unpaired) electrons. The van der Waals surface area contributed by atoms with E-state index in [4.69, 9.17) is 11.5 Å². The number of halogens is 1. The van der Waals surface area contributed by atoms with Crippen LogP contribution >= 0.6 is 15.9 Å². The van der Waals surface area contributed by atoms with Crippen LogP contribution in [0.5, 0.6) is 0 Å². The molecule has 4 N–H and O–H groups in total. The molecule has 5 heteroatoms. The van der Waals surface area contributed by atoms with Crippen LogP contribution in [-0.2, 0) is 0 Å². The van der Waals surface area contributed by atoms with E-state index in [1.165, 1.54) is 6.20 Å². The highest BCUT2D eigenvalue weighted by molar-refractivity contribution is 9.10. The molecule has 0 aromatic carbocycles. The van der Waals surface area contributed by atoms with Gasteiger partial charge in [-0.25, -0.2) is 9.97 Å². The van der Waals surface area contributed by atoms with E-state index >= 15 is 0 Å². The lowest BCUT2D eigenvalue weighted by atomic mass is 10.6. The van der Waals surface area contributed by atoms with Gasteiger partial charge >= 0.3 is 0 Å². The molecular weight excluding hydrogens is 184 g/mol. The molecule has 0 saturated heterocycles. The summed E-state index contributed by atoms with van der Waals surface area (Å²) in [5.41, 5.74) is 10.6. The molecule has 0 unspecified atom stereocenters. The molecule has 0 aliphatic rings. The van der Waals surface area contributed by atoms with Crippen LogP contribution in [0, 0.1) is 0 Å². The Labute approximate surface area is 60.4 Å². The minimum absolute atomic E-state index is 0.315. The Morgan fingerprint density at radius 3 is 2.56 bits per heavy atom. The molecule has 1 rings (SSSR count). The maximum absolute atomic E-state index is 5.32. The van der Waals surface area contributed by atoms with Crippen molar-refractivity contribution in [1.29, 1.82) is 0 Å². The Morgan fingerprint density at radius 2 is 2.11 bits per heavy atom. The number of hydrogen-bond donors (Lipinski definition) is 2. The highest BCUT2D eigenvalue weighted by atomic mass is 79.9. The summed E-state index contributed by atoms with van der Waals surface area (Å²) >= 11 is 3.08. The van der Waals surface area contributed by atoms with Gasteiger partial charge in [-0.2, -0.15) is 0 Å². The van der Waals surface area contributed by atoms with Gasteiger partial charge < -0.3 is 11.5 Å². The molecule has 0 aliphatic heterocycles. The molecule has 0 atom stereocenters. The monoisotopic (exact) mass is 188 g/mol. The van der Waals surface area contributed by atoms with Crippen LogP contribution in [0.4, 0.5) is 11.6 Å². The molecule has 0 aliphatic carbocycles. The van der Waals surface area contributed by atoms with Crippen molar-refractivity contribution in [2.75, 3.05) is 11.5 Å². The van der Waals surface area contributed by atoms with Gasteiger partial charge in [-0.1, -0.05) is 0 Å². The molecule has 9 heavy (non-hydrogen) atoms. The lowest BCUT2D eigenvalue weighted by Gasteiger charge is -1.94. The van der Waals surface area contributed by atoms with Crippen LogP contribution < -0.4 is 11.5 Å². The van der Waals surface area contributed by atoms with Crippen molar-refractivity contribution in [3.05, 3.63) is 10.8 Å². The molecule has 0 spiro atoms. The Hall–Kier alpha value is -0.840. The predicted molar refractivity (Wildman–Crippen MR) is 38.6 cm³/mol. The minimum atomic E-state index is 0.315. The zero-order valence-electron chi connectivity index (χ0n) is 4.50. The number of anilines is 2. The first-order chi connectivity index (χ1) is 4.20. The van der Waals surface area contributed by atoms with Crippen LogP contribution in [0.2, 0.25) is 0 Å². The highest BCUT2D eigenvalue weighted by Crippen LogP contribution is 2.12. The van der Waals surface area contributed by atoms with E-state index in [-0.39, 0.29) is 0 Å². The normalized spacial score (nSPS) is 9.44. The molecule has 1 heterocycles. The van der Waals surface area contributed by atoms with Gasteiger partial charge in [0.05, 0.1) is 6.20 Å². The molecular formula is C4H5BrN4. The summed E-state index contributed by atoms with van der Waals surface area (Å²) in [5.74, 6) is 0.644. The molecule has 0 saturated carbocycles. The third kappa shape index (κ3) is 1.29. The summed E-state index contributed by atoms with van der Waals surface area (Å²) < 4.78 is 0.525. The van der Waals surface area contributed by atoms with Crippen molar-refractivity contribution < 1.29 is 0 Å². The second-order valence-electron chi connectivity index (χ2n) is 1.47. The largest absolute Gasteiger partial charge is 0.382 e. The second-order valence-corrected chi connectivity index (χ2v) is 2.22. The number of nitrogen functional groups attached to an aromatic ring is 2. The molecule has 1 aromatic rings. The zero-order valence-corrected chi connectivity index (χ0v) is 6.09. The third-order valence-corrected chi connectivity index (χ3v) is 1.38. The molecule has 0 fully saturated rings. The van der Waals surface area contributed by atoms with Gasteiger partial charge in [0.15, 0.2) is 5.82 Å². The maximum Gasteiger partial charge on any atom is 0.159 e. The van der Waals surface area contributed by atoms with Gasteiger partial charge in [-0.15, -0.1) is 0 Å². The van der Waals surface area contributed by atoms with Crippen molar-refractivity contribution in [2.45, 2.75) is 0 Å². The van der Waals surface area contributed by atoms with E-state index in [1.54, 1.807) is 0 Å². The van der Waals surface area contributed by atoms with Gasteiger partial charge in [-0.3, -0.25) is 0 Å². The van der Waals surface area contributed by atoms with Crippen LogP contribution in [0.25, 0.3) is 0 Å². The average molecular weight is 189 g/mol. The Bertz CT molecular complexity index is 224. The van der Waals surface area contributed by atoms with Gasteiger partial charge in [0.2, 0.25) is 0 Å². The third-order valence-electron chi connectivity index (χ3n) is 0.771. The molecule has 0 bridgehead atoms. The van der Waals surface area contributed by atoms with Gasteiger partial charge in [0.1, 0.15) is 10.4 Å². The van der Waals surface area contributed by atoms with Crippen LogP contribution in [0.1, 0.15) is 0 Å². The van der Waals surface area contributed by atoms with Crippen molar-refractivity contribution >= 4 is 27.6 Å². The van der Waals surface area contributed by atoms with Crippen LogP contribution in [-0.4, -0.2) is 9.97 Å². The molecule has 1 aromatic heterocycles. The van der Waals surface area contributed by atoms with E-state index in [9.17, 15) is 0 Å². The first-order valence-corrected chi connectivity index (χ1v) is 3.03. The van der Waals surface area contributed by atoms with E-state index in [2.05, 4.69) is 25.9 Å². The Balaban J connectivity index is 3.17. The molecule has 0 amide bonds. The van der Waals surface area contributed by atoms with Crippen LogP contribution in [0.3, 0.4) is 0 Å². The number of hydrogen-bond acceptors (Lipinski definition) is 4. The Morgan fingerprint density at radius 1 is 1.44 bits per heavy atom. The Kier molecular flexibility index (Phi) is 1.52. The summed E-state index contributed by atoms with van der Waals surface area (Å²) in [7, 11) is 0. The van der Waals surface area contributed by atoms with Crippen molar-refractivity contribution in [3.8, 4) is 0 Å². The summed E-state index contributed by atoms with van der Waals surface area (Å²) in [4.78, 5) is 7.50. The molecule has 48 valence electrons. The smallest absolute Gasteiger partial charge is 0.159 e. The summed E-state index contributed by atoms with van der Waals surface area (Å²) in [6.07, 6.45) is 1.43. The zero-order chi connectivity index (χ0) is 6.85. The standard InChI is InChI=1S/C4H5BrN4/c5-3-4(7)9-2(6)1-8-3/h1H,(H4,6,7,9). The highest BCUT2D eigenvalue weighted by Gasteiger charge is 1.95. The number of aromatic nitrogens is 2. The fourth-order valence-electron chi connectivity index (χ4n) is 0.403. The van der Waals surface area contributed by atoms with E-state index in [1.807, 2.05) is 0 Å². The van der Waals surface area contributed by atoms with Crippen LogP contribution in [0.15, 0.2) is 10.8 Å². The lowest BCUT2D eigenvalue weighted by molar-refractivity contribution is 1.19. The topological polar surface area (TPSA) is 77.8 Å². The van der Waals surface area contributed by atoms with Crippen molar-refractivity contribution in [1.82, 2.24) is 9.97 Å². The van der Waals surface area contributed by atoms with E-state index in [0.29, 0.717) is 16.2 Å². The average Bonchev–Trinajstić information content (AvgIpc) is 1.80. The summed E-state index contributed by atoms with van der Waals surface area (Å²) in [5, 5.41) is 0. The number of nitrogens with zero attached hydrogens (tertiary/aromatic N) is 2. The maximum atomic E-state index is 5.32. The second kappa shape index (κ2) is 2.18. The minimum Gasteiger partial charge on any atom is -0.382 e. The van der Waals surface area contributed by atoms with Gasteiger partial charge in [0, 0.05) is 0 Å². The SMILES string of the molecule is Nc1cnc(Br)c(N)n1. The fraction of sp³-hybridized carbons (Fsp3) is 0. The van der Waals surface area contributed by atoms with E-state index in [0.717, 1.165) is 0 Å². The summed E-state index contributed by atoms with van der Waals surface area (Å²) in [6, 6.07) is 0. The van der Waals surface area contributed by atoms with Gasteiger partial charge in [0.25, 0.3) is 0 Å². The summed E-state index contributed by atoms with van der Waals surface area (Å²) in [6.45, 7) is 0. The fourth-order valence-corrected chi connectivity index (χ4v) is 0.594. The predicted octanol–water partition coefficient (Wildman–Crippen LogP) is 0.404. The lowest BCUT2D eigenvalue weighted by Crippen LogP contribution is -1.97. The first-order valence-electron chi connectivity index (χ1n) is 2.23. The molecule has 4 nitrogen and oxygen atoms in total. The number of nitrogens with two attached hydrogens (primary N) is 2. The van der Waals surface area contributed by atoms with Crippen molar-refractivity contribution in [2.24, 2.45) is 0 Å².